The maximum absolute atomic E-state index is 11.9. The van der Waals surface area contributed by atoms with Crippen molar-refractivity contribution in [3.8, 4) is 0 Å². The minimum atomic E-state index is -0.532. The van der Waals surface area contributed by atoms with Gasteiger partial charge in [0.2, 0.25) is 0 Å². The predicted octanol–water partition coefficient (Wildman–Crippen LogP) is 3.92. The number of anilines is 1. The molecule has 0 spiro atoms. The van der Waals surface area contributed by atoms with E-state index in [1.807, 2.05) is 13.8 Å². The first-order valence-electron chi connectivity index (χ1n) is 5.41. The van der Waals surface area contributed by atoms with Gasteiger partial charge in [-0.05, 0) is 25.5 Å². The van der Waals surface area contributed by atoms with E-state index in [0.717, 1.165) is 12.8 Å². The lowest BCUT2D eigenvalue weighted by molar-refractivity contribution is 0.0325. The van der Waals surface area contributed by atoms with E-state index in [2.05, 4.69) is 0 Å². The summed E-state index contributed by atoms with van der Waals surface area (Å²) in [5.74, 6) is -0.532. The molecule has 0 fully saturated rings. The Labute approximate surface area is 111 Å². The molecule has 2 N–H and O–H groups in total. The molecule has 0 heterocycles. The topological polar surface area (TPSA) is 52.3 Å². The number of rotatable bonds is 4. The monoisotopic (exact) mass is 275 g/mol. The van der Waals surface area contributed by atoms with Crippen molar-refractivity contribution in [2.45, 2.75) is 32.8 Å². The van der Waals surface area contributed by atoms with E-state index in [0.29, 0.717) is 5.02 Å². The molecule has 3 nitrogen and oxygen atoms in total. The van der Waals surface area contributed by atoms with Gasteiger partial charge in [0.05, 0.1) is 21.8 Å². The number of carbonyl (C=O) groups is 1. The molecule has 94 valence electrons. The standard InChI is InChI=1S/C12H15Cl2NO2/c1-3-4-7(2)17-12(16)10-8(13)5-6-9(14)11(10)15/h5-7H,3-4,15H2,1-2H3. The molecule has 0 aliphatic heterocycles. The van der Waals surface area contributed by atoms with Gasteiger partial charge in [0.25, 0.3) is 0 Å². The zero-order valence-corrected chi connectivity index (χ0v) is 11.3. The Morgan fingerprint density at radius 1 is 1.41 bits per heavy atom. The van der Waals surface area contributed by atoms with Gasteiger partial charge in [-0.2, -0.15) is 0 Å². The SMILES string of the molecule is CCCC(C)OC(=O)c1c(Cl)ccc(Cl)c1N. The summed E-state index contributed by atoms with van der Waals surface area (Å²) in [6.07, 6.45) is 1.57. The number of carbonyl (C=O) groups excluding carboxylic acids is 1. The van der Waals surface area contributed by atoms with Gasteiger partial charge in [0, 0.05) is 0 Å². The van der Waals surface area contributed by atoms with Crippen molar-refractivity contribution in [3.05, 3.63) is 27.7 Å². The summed E-state index contributed by atoms with van der Waals surface area (Å²) < 4.78 is 5.23. The fraction of sp³-hybridized carbons (Fsp3) is 0.417. The molecule has 0 aliphatic carbocycles. The Bertz CT molecular complexity index is 421. The average Bonchev–Trinajstić information content (AvgIpc) is 2.24. The van der Waals surface area contributed by atoms with Crippen LogP contribution >= 0.6 is 23.2 Å². The summed E-state index contributed by atoms with van der Waals surface area (Å²) in [6.45, 7) is 3.85. The molecular weight excluding hydrogens is 261 g/mol. The molecule has 0 aliphatic rings. The summed E-state index contributed by atoms with van der Waals surface area (Å²) in [7, 11) is 0. The summed E-state index contributed by atoms with van der Waals surface area (Å²) >= 11 is 11.8. The van der Waals surface area contributed by atoms with Crippen molar-refractivity contribution in [2.24, 2.45) is 0 Å². The van der Waals surface area contributed by atoms with E-state index in [9.17, 15) is 4.79 Å². The number of nitrogen functional groups attached to an aromatic ring is 1. The van der Waals surface area contributed by atoms with Crippen LogP contribution in [-0.4, -0.2) is 12.1 Å². The highest BCUT2D eigenvalue weighted by atomic mass is 35.5. The summed E-state index contributed by atoms with van der Waals surface area (Å²) in [5.41, 5.74) is 6.02. The zero-order chi connectivity index (χ0) is 13.0. The Hall–Kier alpha value is -0.930. The van der Waals surface area contributed by atoms with Crippen LogP contribution < -0.4 is 5.73 Å². The molecule has 0 bridgehead atoms. The molecule has 0 saturated heterocycles. The second kappa shape index (κ2) is 6.12. The number of nitrogens with two attached hydrogens (primary N) is 1. The molecule has 1 unspecified atom stereocenters. The molecule has 5 heteroatoms. The number of hydrogen-bond donors (Lipinski definition) is 1. The first kappa shape index (κ1) is 14.1. The van der Waals surface area contributed by atoms with Crippen LogP contribution in [0.2, 0.25) is 10.0 Å². The van der Waals surface area contributed by atoms with Gasteiger partial charge in [-0.1, -0.05) is 36.5 Å². The third kappa shape index (κ3) is 3.51. The molecule has 0 aromatic heterocycles. The molecule has 0 radical (unpaired) electrons. The van der Waals surface area contributed by atoms with Crippen LogP contribution in [0, 0.1) is 0 Å². The van der Waals surface area contributed by atoms with Gasteiger partial charge in [-0.25, -0.2) is 4.79 Å². The molecular formula is C12H15Cl2NO2. The van der Waals surface area contributed by atoms with Crippen molar-refractivity contribution in [2.75, 3.05) is 5.73 Å². The molecule has 1 atom stereocenters. The van der Waals surface area contributed by atoms with Gasteiger partial charge in [-0.3, -0.25) is 0 Å². The fourth-order valence-electron chi connectivity index (χ4n) is 1.48. The maximum atomic E-state index is 11.9. The third-order valence-electron chi connectivity index (χ3n) is 2.35. The molecule has 0 saturated carbocycles. The molecule has 0 amide bonds. The molecule has 1 aromatic carbocycles. The predicted molar refractivity (Wildman–Crippen MR) is 70.7 cm³/mol. The van der Waals surface area contributed by atoms with Crippen LogP contribution in [0.15, 0.2) is 12.1 Å². The summed E-state index contributed by atoms with van der Waals surface area (Å²) in [6, 6.07) is 3.08. The van der Waals surface area contributed by atoms with E-state index < -0.39 is 5.97 Å². The lowest BCUT2D eigenvalue weighted by Gasteiger charge is -2.14. The van der Waals surface area contributed by atoms with Gasteiger partial charge < -0.3 is 10.5 Å². The largest absolute Gasteiger partial charge is 0.459 e. The van der Waals surface area contributed by atoms with Gasteiger partial charge in [0.1, 0.15) is 5.56 Å². The first-order chi connectivity index (χ1) is 7.97. The molecule has 17 heavy (non-hydrogen) atoms. The van der Waals surface area contributed by atoms with E-state index in [1.165, 1.54) is 6.07 Å². The Morgan fingerprint density at radius 2 is 2.00 bits per heavy atom. The van der Waals surface area contributed by atoms with E-state index >= 15 is 0 Å². The Kier molecular flexibility index (Phi) is 5.09. The van der Waals surface area contributed by atoms with Crippen molar-refractivity contribution >= 4 is 34.9 Å². The summed E-state index contributed by atoms with van der Waals surface area (Å²) in [5, 5.41) is 0.546. The maximum Gasteiger partial charge on any atom is 0.342 e. The average molecular weight is 276 g/mol. The normalized spacial score (nSPS) is 12.2. The highest BCUT2D eigenvalue weighted by Crippen LogP contribution is 2.30. The minimum Gasteiger partial charge on any atom is -0.459 e. The van der Waals surface area contributed by atoms with Crippen LogP contribution in [-0.2, 0) is 4.74 Å². The van der Waals surface area contributed by atoms with Crippen LogP contribution in [0.1, 0.15) is 37.0 Å². The van der Waals surface area contributed by atoms with Crippen molar-refractivity contribution < 1.29 is 9.53 Å². The number of ether oxygens (including phenoxy) is 1. The third-order valence-corrected chi connectivity index (χ3v) is 2.99. The lowest BCUT2D eigenvalue weighted by atomic mass is 10.1. The molecule has 1 aromatic rings. The van der Waals surface area contributed by atoms with Crippen LogP contribution in [0.3, 0.4) is 0 Å². The van der Waals surface area contributed by atoms with Crippen LogP contribution in [0.5, 0.6) is 0 Å². The zero-order valence-electron chi connectivity index (χ0n) is 9.80. The van der Waals surface area contributed by atoms with Gasteiger partial charge >= 0.3 is 5.97 Å². The van der Waals surface area contributed by atoms with Crippen molar-refractivity contribution in [3.63, 3.8) is 0 Å². The second-order valence-corrected chi connectivity index (χ2v) is 4.64. The Morgan fingerprint density at radius 3 is 2.59 bits per heavy atom. The van der Waals surface area contributed by atoms with Gasteiger partial charge in [-0.15, -0.1) is 0 Å². The van der Waals surface area contributed by atoms with Crippen LogP contribution in [0.25, 0.3) is 0 Å². The van der Waals surface area contributed by atoms with Crippen LogP contribution in [0.4, 0.5) is 5.69 Å². The molecule has 1 rings (SSSR count). The first-order valence-corrected chi connectivity index (χ1v) is 6.17. The van der Waals surface area contributed by atoms with Gasteiger partial charge in [0.15, 0.2) is 0 Å². The number of esters is 1. The van der Waals surface area contributed by atoms with E-state index in [-0.39, 0.29) is 22.4 Å². The van der Waals surface area contributed by atoms with Crippen molar-refractivity contribution in [1.29, 1.82) is 0 Å². The van der Waals surface area contributed by atoms with E-state index in [1.54, 1.807) is 6.07 Å². The minimum absolute atomic E-state index is 0.141. The van der Waals surface area contributed by atoms with E-state index in [4.69, 9.17) is 33.7 Å². The number of hydrogen-bond acceptors (Lipinski definition) is 3. The second-order valence-electron chi connectivity index (χ2n) is 3.82. The quantitative estimate of drug-likeness (QED) is 0.669. The van der Waals surface area contributed by atoms with Crippen molar-refractivity contribution in [1.82, 2.24) is 0 Å². The lowest BCUT2D eigenvalue weighted by Crippen LogP contribution is -2.16. The smallest absolute Gasteiger partial charge is 0.342 e. The highest BCUT2D eigenvalue weighted by molar-refractivity contribution is 6.38. The highest BCUT2D eigenvalue weighted by Gasteiger charge is 2.19. The Balaban J connectivity index is 2.93. The number of halogens is 2. The fourth-order valence-corrected chi connectivity index (χ4v) is 1.88. The number of benzene rings is 1. The summed E-state index contributed by atoms with van der Waals surface area (Å²) in [4.78, 5) is 11.9.